The predicted octanol–water partition coefficient (Wildman–Crippen LogP) is 4.93. The second-order valence-electron chi connectivity index (χ2n) is 7.94. The molecule has 1 aliphatic heterocycles. The summed E-state index contributed by atoms with van der Waals surface area (Å²) >= 11 is 0. The van der Waals surface area contributed by atoms with Crippen molar-refractivity contribution in [1.82, 2.24) is 19.7 Å². The Morgan fingerprint density at radius 1 is 1.00 bits per heavy atom. The summed E-state index contributed by atoms with van der Waals surface area (Å²) in [6, 6.07) is 6.00. The molecule has 0 saturated carbocycles. The maximum atomic E-state index is 15.2. The van der Waals surface area contributed by atoms with E-state index in [1.807, 2.05) is 0 Å². The standard InChI is InChI=1S/C23H17F4N5O/c1-12-7-19(31-5-6-32-20(22(31)33)13(2)10-29-32)17(24)9-16(12)21-28-11-14-8-15(23(25,26)27)3-4-18(14)30-21/h3-4,7-11H,5-6H2,1-2H3. The maximum Gasteiger partial charge on any atom is 0.416 e. The summed E-state index contributed by atoms with van der Waals surface area (Å²) < 4.78 is 55.6. The summed E-state index contributed by atoms with van der Waals surface area (Å²) in [5.74, 6) is -0.764. The molecule has 33 heavy (non-hydrogen) atoms. The van der Waals surface area contributed by atoms with Crippen molar-refractivity contribution in [3.8, 4) is 11.4 Å². The lowest BCUT2D eigenvalue weighted by Crippen LogP contribution is -2.41. The van der Waals surface area contributed by atoms with Crippen molar-refractivity contribution in [3.63, 3.8) is 0 Å². The Morgan fingerprint density at radius 3 is 2.55 bits per heavy atom. The smallest absolute Gasteiger partial charge is 0.302 e. The summed E-state index contributed by atoms with van der Waals surface area (Å²) in [5, 5.41) is 4.40. The number of benzene rings is 2. The number of hydrogen-bond acceptors (Lipinski definition) is 4. The summed E-state index contributed by atoms with van der Waals surface area (Å²) in [4.78, 5) is 22.8. The Morgan fingerprint density at radius 2 is 1.79 bits per heavy atom. The van der Waals surface area contributed by atoms with E-state index in [2.05, 4.69) is 15.1 Å². The number of aryl methyl sites for hydroxylation is 2. The van der Waals surface area contributed by atoms with E-state index in [1.165, 1.54) is 23.2 Å². The average molecular weight is 455 g/mol. The molecule has 0 bridgehead atoms. The third-order valence-corrected chi connectivity index (χ3v) is 5.74. The second-order valence-corrected chi connectivity index (χ2v) is 7.94. The highest BCUT2D eigenvalue weighted by atomic mass is 19.4. The van der Waals surface area contributed by atoms with Gasteiger partial charge in [0.1, 0.15) is 11.5 Å². The van der Waals surface area contributed by atoms with E-state index in [-0.39, 0.29) is 29.3 Å². The molecule has 0 saturated heterocycles. The van der Waals surface area contributed by atoms with Gasteiger partial charge in [-0.3, -0.25) is 9.48 Å². The molecule has 1 aliphatic rings. The van der Waals surface area contributed by atoms with Crippen LogP contribution < -0.4 is 4.90 Å². The topological polar surface area (TPSA) is 63.9 Å². The average Bonchev–Trinajstić information content (AvgIpc) is 3.16. The first-order valence-electron chi connectivity index (χ1n) is 10.1. The first-order valence-corrected chi connectivity index (χ1v) is 10.1. The van der Waals surface area contributed by atoms with Crippen LogP contribution in [0, 0.1) is 19.7 Å². The fourth-order valence-electron chi connectivity index (χ4n) is 4.03. The Bertz CT molecular complexity index is 1430. The molecule has 3 heterocycles. The number of anilines is 1. The van der Waals surface area contributed by atoms with Gasteiger partial charge in [-0.1, -0.05) is 0 Å². The van der Waals surface area contributed by atoms with Crippen LogP contribution in [-0.2, 0) is 12.7 Å². The fraction of sp³-hybridized carbons (Fsp3) is 0.217. The molecule has 1 amide bonds. The lowest BCUT2D eigenvalue weighted by Gasteiger charge is -2.29. The molecule has 0 fully saturated rings. The van der Waals surface area contributed by atoms with Crippen LogP contribution in [0.25, 0.3) is 22.3 Å². The highest BCUT2D eigenvalue weighted by Gasteiger charge is 2.31. The molecule has 0 atom stereocenters. The van der Waals surface area contributed by atoms with Gasteiger partial charge in [0.15, 0.2) is 5.82 Å². The van der Waals surface area contributed by atoms with Gasteiger partial charge in [-0.05, 0) is 49.7 Å². The van der Waals surface area contributed by atoms with Crippen LogP contribution in [0.3, 0.4) is 0 Å². The predicted molar refractivity (Wildman–Crippen MR) is 113 cm³/mol. The SMILES string of the molecule is Cc1cc(N2CCn3ncc(C)c3C2=O)c(F)cc1-c1ncc2cc(C(F)(F)F)ccc2n1. The molecule has 0 unspecified atom stereocenters. The monoisotopic (exact) mass is 455 g/mol. The van der Waals surface area contributed by atoms with Gasteiger partial charge in [0.2, 0.25) is 0 Å². The summed E-state index contributed by atoms with van der Waals surface area (Å²) in [6.07, 6.45) is -1.57. The molecule has 4 aromatic rings. The van der Waals surface area contributed by atoms with Crippen molar-refractivity contribution >= 4 is 22.5 Å². The van der Waals surface area contributed by atoms with Crippen molar-refractivity contribution < 1.29 is 22.4 Å². The minimum Gasteiger partial charge on any atom is -0.302 e. The van der Waals surface area contributed by atoms with E-state index in [0.29, 0.717) is 28.9 Å². The molecular weight excluding hydrogens is 438 g/mol. The van der Waals surface area contributed by atoms with Crippen LogP contribution in [-0.4, -0.2) is 32.2 Å². The minimum absolute atomic E-state index is 0.142. The molecule has 2 aromatic heterocycles. The third kappa shape index (κ3) is 3.51. The Balaban J connectivity index is 1.52. The lowest BCUT2D eigenvalue weighted by atomic mass is 10.0. The van der Waals surface area contributed by atoms with Crippen LogP contribution in [0.5, 0.6) is 0 Å². The van der Waals surface area contributed by atoms with Crippen LogP contribution in [0.4, 0.5) is 23.2 Å². The molecule has 0 radical (unpaired) electrons. The number of halogens is 4. The molecular formula is C23H17F4N5O. The summed E-state index contributed by atoms with van der Waals surface area (Å²) in [5.41, 5.74) is 1.83. The molecule has 0 aliphatic carbocycles. The zero-order chi connectivity index (χ0) is 23.5. The minimum atomic E-state index is -4.47. The van der Waals surface area contributed by atoms with E-state index in [1.54, 1.807) is 30.8 Å². The number of carbonyl (C=O) groups excluding carboxylic acids is 1. The second kappa shape index (κ2) is 7.36. The Hall–Kier alpha value is -3.82. The lowest BCUT2D eigenvalue weighted by molar-refractivity contribution is -0.137. The number of rotatable bonds is 2. The van der Waals surface area contributed by atoms with E-state index in [9.17, 15) is 18.0 Å². The van der Waals surface area contributed by atoms with Gasteiger partial charge in [0.05, 0.1) is 29.5 Å². The van der Waals surface area contributed by atoms with Gasteiger partial charge in [0, 0.05) is 29.3 Å². The first-order chi connectivity index (χ1) is 15.6. The van der Waals surface area contributed by atoms with Gasteiger partial charge >= 0.3 is 6.18 Å². The quantitative estimate of drug-likeness (QED) is 0.402. The van der Waals surface area contributed by atoms with E-state index in [4.69, 9.17) is 0 Å². The molecule has 168 valence electrons. The Kier molecular flexibility index (Phi) is 4.70. The number of aromatic nitrogens is 4. The van der Waals surface area contributed by atoms with Crippen molar-refractivity contribution in [2.45, 2.75) is 26.6 Å². The van der Waals surface area contributed by atoms with E-state index >= 15 is 4.39 Å². The summed E-state index contributed by atoms with van der Waals surface area (Å²) in [7, 11) is 0. The molecule has 10 heteroatoms. The number of fused-ring (bicyclic) bond motifs is 2. The zero-order valence-electron chi connectivity index (χ0n) is 17.6. The molecule has 6 nitrogen and oxygen atoms in total. The summed E-state index contributed by atoms with van der Waals surface area (Å²) in [6.45, 7) is 4.24. The van der Waals surface area contributed by atoms with Gasteiger partial charge in [-0.25, -0.2) is 14.4 Å². The third-order valence-electron chi connectivity index (χ3n) is 5.74. The maximum absolute atomic E-state index is 15.2. The zero-order valence-corrected chi connectivity index (χ0v) is 17.6. The van der Waals surface area contributed by atoms with Crippen LogP contribution >= 0.6 is 0 Å². The largest absolute Gasteiger partial charge is 0.416 e. The molecule has 0 spiro atoms. The van der Waals surface area contributed by atoms with Crippen molar-refractivity contribution in [3.05, 3.63) is 70.9 Å². The van der Waals surface area contributed by atoms with Crippen LogP contribution in [0.15, 0.2) is 42.7 Å². The molecule has 2 aromatic carbocycles. The molecule has 0 N–H and O–H groups in total. The highest BCUT2D eigenvalue weighted by molar-refractivity contribution is 6.06. The molecule has 5 rings (SSSR count). The normalized spacial score (nSPS) is 14.1. The number of alkyl halides is 3. The van der Waals surface area contributed by atoms with Gasteiger partial charge < -0.3 is 4.90 Å². The van der Waals surface area contributed by atoms with E-state index < -0.39 is 17.6 Å². The highest BCUT2D eigenvalue weighted by Crippen LogP contribution is 2.33. The van der Waals surface area contributed by atoms with E-state index in [0.717, 1.165) is 17.7 Å². The van der Waals surface area contributed by atoms with Crippen LogP contribution in [0.2, 0.25) is 0 Å². The van der Waals surface area contributed by atoms with Crippen molar-refractivity contribution in [1.29, 1.82) is 0 Å². The number of nitrogens with zero attached hydrogens (tertiary/aromatic N) is 5. The number of hydrogen-bond donors (Lipinski definition) is 0. The van der Waals surface area contributed by atoms with Crippen molar-refractivity contribution in [2.24, 2.45) is 0 Å². The number of carbonyl (C=O) groups is 1. The van der Waals surface area contributed by atoms with Gasteiger partial charge in [0.25, 0.3) is 5.91 Å². The van der Waals surface area contributed by atoms with Gasteiger partial charge in [-0.2, -0.15) is 18.3 Å². The fourth-order valence-corrected chi connectivity index (χ4v) is 4.03. The Labute approximate surface area is 185 Å². The van der Waals surface area contributed by atoms with Crippen LogP contribution in [0.1, 0.15) is 27.2 Å². The van der Waals surface area contributed by atoms with Gasteiger partial charge in [-0.15, -0.1) is 0 Å². The number of amides is 1. The van der Waals surface area contributed by atoms with Crippen molar-refractivity contribution in [2.75, 3.05) is 11.4 Å². The first kappa shape index (κ1) is 21.0.